The van der Waals surface area contributed by atoms with E-state index in [4.69, 9.17) is 0 Å². The molecule has 1 heterocycles. The molecular weight excluding hydrogens is 342 g/mol. The van der Waals surface area contributed by atoms with Gasteiger partial charge in [-0.3, -0.25) is 10.1 Å². The first-order chi connectivity index (χ1) is 13.0. The number of para-hydroxylation sites is 1. The van der Waals surface area contributed by atoms with Gasteiger partial charge in [0, 0.05) is 30.0 Å². The average Bonchev–Trinajstić information content (AvgIpc) is 2.68. The molecule has 0 spiro atoms. The van der Waals surface area contributed by atoms with Gasteiger partial charge in [-0.2, -0.15) is 0 Å². The molecular formula is C21H19N3O3. The normalized spacial score (nSPS) is 24.0. The molecule has 0 bridgehead atoms. The van der Waals surface area contributed by atoms with Crippen LogP contribution in [0.25, 0.3) is 0 Å². The summed E-state index contributed by atoms with van der Waals surface area (Å²) in [6.45, 7) is 0.618. The molecule has 0 unspecified atom stereocenters. The highest BCUT2D eigenvalue weighted by molar-refractivity contribution is 5.57. The summed E-state index contributed by atoms with van der Waals surface area (Å²) in [5.74, 6) is 0. The largest absolute Gasteiger partial charge is 0.627 e. The van der Waals surface area contributed by atoms with Gasteiger partial charge in [0.2, 0.25) is 0 Å². The number of nitro benzene ring substituents is 1. The summed E-state index contributed by atoms with van der Waals surface area (Å²) in [7, 11) is 0. The average molecular weight is 361 g/mol. The van der Waals surface area contributed by atoms with Crippen molar-refractivity contribution < 1.29 is 4.92 Å². The fraction of sp³-hybridized carbons (Fsp3) is 0.143. The number of hydrogen-bond donors (Lipinski definition) is 1. The van der Waals surface area contributed by atoms with Crippen molar-refractivity contribution in [2.45, 2.75) is 5.54 Å². The molecule has 6 nitrogen and oxygen atoms in total. The van der Waals surface area contributed by atoms with Crippen LogP contribution in [0.2, 0.25) is 0 Å². The second kappa shape index (κ2) is 6.50. The van der Waals surface area contributed by atoms with Crippen LogP contribution in [-0.2, 0) is 5.54 Å². The molecule has 1 fully saturated rings. The Morgan fingerprint density at radius 1 is 0.852 bits per heavy atom. The Kier molecular flexibility index (Phi) is 4.14. The maximum absolute atomic E-state index is 13.3. The Hall–Kier alpha value is -3.22. The predicted octanol–water partition coefficient (Wildman–Crippen LogP) is 4.42. The van der Waals surface area contributed by atoms with Crippen LogP contribution < -0.4 is 9.96 Å². The predicted molar refractivity (Wildman–Crippen MR) is 106 cm³/mol. The molecule has 1 N–H and O–H groups in total. The molecule has 1 aliphatic heterocycles. The quantitative estimate of drug-likeness (QED) is 0.316. The van der Waals surface area contributed by atoms with Gasteiger partial charge in [0.05, 0.1) is 4.92 Å². The fourth-order valence-corrected chi connectivity index (χ4v) is 3.74. The lowest BCUT2D eigenvalue weighted by Crippen LogP contribution is -2.73. The zero-order chi connectivity index (χ0) is 18.9. The number of benzene rings is 3. The molecule has 0 aliphatic carbocycles. The van der Waals surface area contributed by atoms with Crippen molar-refractivity contribution in [2.24, 2.45) is 0 Å². The molecule has 0 amide bonds. The molecule has 6 heteroatoms. The number of hydroxylamine groups is 2. The van der Waals surface area contributed by atoms with E-state index in [9.17, 15) is 15.3 Å². The van der Waals surface area contributed by atoms with Crippen LogP contribution in [0.5, 0.6) is 0 Å². The number of quaternary nitrogens is 1. The van der Waals surface area contributed by atoms with E-state index in [0.29, 0.717) is 18.8 Å². The van der Waals surface area contributed by atoms with Gasteiger partial charge in [-0.1, -0.05) is 48.5 Å². The van der Waals surface area contributed by atoms with Crippen molar-refractivity contribution in [1.29, 1.82) is 0 Å². The molecule has 0 saturated carbocycles. The number of hydrogen-bond acceptors (Lipinski definition) is 4. The van der Waals surface area contributed by atoms with Gasteiger partial charge >= 0.3 is 0 Å². The Balaban J connectivity index is 1.64. The summed E-state index contributed by atoms with van der Waals surface area (Å²) in [6.07, 6.45) is 0. The van der Waals surface area contributed by atoms with Crippen molar-refractivity contribution in [3.05, 3.63) is 106 Å². The van der Waals surface area contributed by atoms with E-state index in [2.05, 4.69) is 5.32 Å². The lowest BCUT2D eigenvalue weighted by Gasteiger charge is -2.60. The van der Waals surface area contributed by atoms with E-state index in [-0.39, 0.29) is 5.69 Å². The van der Waals surface area contributed by atoms with E-state index in [1.165, 1.54) is 12.1 Å². The molecule has 3 aromatic rings. The molecule has 3 aromatic carbocycles. The summed E-state index contributed by atoms with van der Waals surface area (Å²) in [5.41, 5.74) is 2.05. The van der Waals surface area contributed by atoms with E-state index in [1.807, 2.05) is 60.7 Å². The van der Waals surface area contributed by atoms with Crippen molar-refractivity contribution >= 4 is 17.1 Å². The molecule has 1 saturated heterocycles. The smallest absolute Gasteiger partial charge is 0.269 e. The third-order valence-corrected chi connectivity index (χ3v) is 5.07. The van der Waals surface area contributed by atoms with Crippen LogP contribution >= 0.6 is 0 Å². The number of rotatable bonds is 5. The summed E-state index contributed by atoms with van der Waals surface area (Å²) in [4.78, 5) is 10.4. The minimum absolute atomic E-state index is 0.0115. The second-order valence-electron chi connectivity index (χ2n) is 6.92. The van der Waals surface area contributed by atoms with Crippen molar-refractivity contribution in [3.8, 4) is 0 Å². The first kappa shape index (κ1) is 17.2. The van der Waals surface area contributed by atoms with Crippen LogP contribution in [0.1, 0.15) is 5.56 Å². The lowest BCUT2D eigenvalue weighted by molar-refractivity contribution is -0.384. The Labute approximate surface area is 157 Å². The third kappa shape index (κ3) is 3.16. The van der Waals surface area contributed by atoms with Crippen molar-refractivity contribution in [1.82, 2.24) is 4.65 Å². The molecule has 0 radical (unpaired) electrons. The van der Waals surface area contributed by atoms with Gasteiger partial charge in [0.25, 0.3) is 5.69 Å². The second-order valence-corrected chi connectivity index (χ2v) is 6.92. The van der Waals surface area contributed by atoms with Gasteiger partial charge in [0.15, 0.2) is 5.54 Å². The SMILES string of the molecule is O=[N+]([O-])c1ccc([N+]2([O-])CC(Nc3ccccc3)(c3ccccc3)C2)cc1. The van der Waals surface area contributed by atoms with Crippen LogP contribution in [-0.4, -0.2) is 18.0 Å². The summed E-state index contributed by atoms with van der Waals surface area (Å²) in [6, 6.07) is 25.6. The third-order valence-electron chi connectivity index (χ3n) is 5.07. The minimum atomic E-state index is -0.521. The van der Waals surface area contributed by atoms with Crippen molar-refractivity contribution in [3.63, 3.8) is 0 Å². The number of nitrogens with zero attached hydrogens (tertiary/aromatic N) is 2. The van der Waals surface area contributed by atoms with Crippen LogP contribution in [0.15, 0.2) is 84.9 Å². The molecule has 1 aliphatic rings. The summed E-state index contributed by atoms with van der Waals surface area (Å²) in [5, 5.41) is 27.7. The number of nitrogens with one attached hydrogen (secondary N) is 1. The van der Waals surface area contributed by atoms with Gasteiger partial charge in [-0.25, -0.2) is 0 Å². The van der Waals surface area contributed by atoms with E-state index in [1.54, 1.807) is 12.1 Å². The maximum Gasteiger partial charge on any atom is 0.269 e. The molecule has 0 atom stereocenters. The van der Waals surface area contributed by atoms with E-state index < -0.39 is 15.1 Å². The summed E-state index contributed by atoms with van der Waals surface area (Å²) >= 11 is 0. The van der Waals surface area contributed by atoms with Gasteiger partial charge in [-0.05, 0) is 17.7 Å². The standard InChI is InChI=1S/C21H19N3O3/c25-23(26)19-11-13-20(14-12-19)24(27)15-21(16-24,17-7-3-1-4-8-17)22-18-9-5-2-6-10-18/h1-14,22H,15-16H2. The molecule has 27 heavy (non-hydrogen) atoms. The topological polar surface area (TPSA) is 78.2 Å². The van der Waals surface area contributed by atoms with Crippen molar-refractivity contribution in [2.75, 3.05) is 18.4 Å². The number of non-ortho nitro benzene ring substituents is 1. The fourth-order valence-electron chi connectivity index (χ4n) is 3.74. The van der Waals surface area contributed by atoms with Gasteiger partial charge in [0.1, 0.15) is 18.8 Å². The van der Waals surface area contributed by atoms with E-state index in [0.717, 1.165) is 11.3 Å². The molecule has 4 rings (SSSR count). The Morgan fingerprint density at radius 2 is 1.41 bits per heavy atom. The Morgan fingerprint density at radius 3 is 1.96 bits per heavy atom. The zero-order valence-corrected chi connectivity index (χ0v) is 14.6. The number of nitro groups is 1. The Bertz CT molecular complexity index is 937. The maximum atomic E-state index is 13.3. The molecule has 0 aromatic heterocycles. The first-order valence-corrected chi connectivity index (χ1v) is 8.73. The van der Waals surface area contributed by atoms with Crippen LogP contribution in [0.4, 0.5) is 17.1 Å². The highest BCUT2D eigenvalue weighted by Crippen LogP contribution is 2.43. The van der Waals surface area contributed by atoms with Gasteiger partial charge in [-0.15, -0.1) is 0 Å². The van der Waals surface area contributed by atoms with Crippen LogP contribution in [0.3, 0.4) is 0 Å². The highest BCUT2D eigenvalue weighted by atomic mass is 16.6. The lowest BCUT2D eigenvalue weighted by atomic mass is 9.80. The monoisotopic (exact) mass is 361 g/mol. The summed E-state index contributed by atoms with van der Waals surface area (Å²) < 4.78 is -0.521. The van der Waals surface area contributed by atoms with Crippen LogP contribution in [0, 0.1) is 15.3 Å². The zero-order valence-electron chi connectivity index (χ0n) is 14.6. The molecule has 136 valence electrons. The first-order valence-electron chi connectivity index (χ1n) is 8.73. The number of anilines is 1. The minimum Gasteiger partial charge on any atom is -0.627 e. The van der Waals surface area contributed by atoms with E-state index >= 15 is 0 Å². The highest BCUT2D eigenvalue weighted by Gasteiger charge is 2.54. The van der Waals surface area contributed by atoms with Gasteiger partial charge < -0.3 is 15.2 Å².